The van der Waals surface area contributed by atoms with E-state index in [-0.39, 0.29) is 5.82 Å². The Labute approximate surface area is 104 Å². The summed E-state index contributed by atoms with van der Waals surface area (Å²) in [5, 5.41) is 3.40. The molecule has 0 bridgehead atoms. The van der Waals surface area contributed by atoms with Gasteiger partial charge < -0.3 is 5.32 Å². The van der Waals surface area contributed by atoms with Gasteiger partial charge in [-0.15, -0.1) is 0 Å². The average molecular weight is 237 g/mol. The first-order chi connectivity index (χ1) is 8.04. The van der Waals surface area contributed by atoms with Crippen molar-refractivity contribution in [3.8, 4) is 0 Å². The van der Waals surface area contributed by atoms with E-state index in [0.29, 0.717) is 12.0 Å². The molecular formula is C15H24FN. The maximum absolute atomic E-state index is 13.3. The third-order valence-corrected chi connectivity index (χ3v) is 3.70. The van der Waals surface area contributed by atoms with E-state index in [1.807, 2.05) is 20.9 Å². The van der Waals surface area contributed by atoms with Crippen molar-refractivity contribution in [2.45, 2.75) is 46.6 Å². The lowest BCUT2D eigenvalue weighted by atomic mass is 9.84. The highest BCUT2D eigenvalue weighted by Crippen LogP contribution is 2.31. The number of hydrogen-bond acceptors (Lipinski definition) is 1. The Morgan fingerprint density at radius 1 is 1.12 bits per heavy atom. The van der Waals surface area contributed by atoms with Crippen molar-refractivity contribution in [3.05, 3.63) is 34.6 Å². The number of aryl methyl sites for hydroxylation is 2. The van der Waals surface area contributed by atoms with Gasteiger partial charge in [0.15, 0.2) is 0 Å². The van der Waals surface area contributed by atoms with E-state index < -0.39 is 0 Å². The summed E-state index contributed by atoms with van der Waals surface area (Å²) in [5.41, 5.74) is 3.37. The monoisotopic (exact) mass is 237 g/mol. The molecule has 2 heteroatoms. The van der Waals surface area contributed by atoms with Crippen LogP contribution >= 0.6 is 0 Å². The summed E-state index contributed by atoms with van der Waals surface area (Å²) in [6.07, 6.45) is 2.27. The molecule has 1 aromatic rings. The van der Waals surface area contributed by atoms with Crippen molar-refractivity contribution in [1.29, 1.82) is 0 Å². The summed E-state index contributed by atoms with van der Waals surface area (Å²) in [5.74, 6) is 0.464. The smallest absolute Gasteiger partial charge is 0.123 e. The number of rotatable bonds is 5. The number of halogens is 1. The van der Waals surface area contributed by atoms with Gasteiger partial charge in [0.05, 0.1) is 0 Å². The van der Waals surface area contributed by atoms with Gasteiger partial charge in [-0.2, -0.15) is 0 Å². The van der Waals surface area contributed by atoms with Crippen LogP contribution in [0.15, 0.2) is 12.1 Å². The Balaban J connectivity index is 3.20. The zero-order valence-electron chi connectivity index (χ0n) is 11.6. The van der Waals surface area contributed by atoms with Gasteiger partial charge in [-0.05, 0) is 55.6 Å². The normalized spacial score (nSPS) is 13.1. The van der Waals surface area contributed by atoms with Gasteiger partial charge in [-0.3, -0.25) is 0 Å². The molecule has 1 N–H and O–H groups in total. The van der Waals surface area contributed by atoms with Gasteiger partial charge in [-0.25, -0.2) is 4.39 Å². The fourth-order valence-corrected chi connectivity index (χ4v) is 2.79. The average Bonchev–Trinajstić information content (AvgIpc) is 2.27. The molecule has 0 amide bonds. The van der Waals surface area contributed by atoms with Crippen LogP contribution in [0.3, 0.4) is 0 Å². The third kappa shape index (κ3) is 3.06. The number of nitrogens with one attached hydrogen (secondary N) is 1. The molecule has 0 aliphatic heterocycles. The highest BCUT2D eigenvalue weighted by atomic mass is 19.1. The van der Waals surface area contributed by atoms with Crippen LogP contribution < -0.4 is 5.32 Å². The minimum atomic E-state index is -0.136. The Bertz CT molecular complexity index is 346. The second-order valence-corrected chi connectivity index (χ2v) is 4.80. The highest BCUT2D eigenvalue weighted by Gasteiger charge is 2.22. The summed E-state index contributed by atoms with van der Waals surface area (Å²) in [7, 11) is 1.99. The van der Waals surface area contributed by atoms with Crippen molar-refractivity contribution in [2.75, 3.05) is 7.05 Å². The van der Waals surface area contributed by atoms with Gasteiger partial charge in [0.1, 0.15) is 5.82 Å². The second-order valence-electron chi connectivity index (χ2n) is 4.80. The van der Waals surface area contributed by atoms with Crippen molar-refractivity contribution >= 4 is 0 Å². The van der Waals surface area contributed by atoms with Gasteiger partial charge in [0.2, 0.25) is 0 Å². The maximum Gasteiger partial charge on any atom is 0.123 e. The highest BCUT2D eigenvalue weighted by molar-refractivity contribution is 5.37. The summed E-state index contributed by atoms with van der Waals surface area (Å²) < 4.78 is 13.3. The molecule has 0 radical (unpaired) electrons. The quantitative estimate of drug-likeness (QED) is 0.811. The molecular weight excluding hydrogens is 213 g/mol. The van der Waals surface area contributed by atoms with E-state index in [2.05, 4.69) is 19.2 Å². The lowest BCUT2D eigenvalue weighted by molar-refractivity contribution is 0.357. The van der Waals surface area contributed by atoms with E-state index in [9.17, 15) is 4.39 Å². The Hall–Kier alpha value is -0.890. The minimum absolute atomic E-state index is 0.136. The molecule has 1 aromatic carbocycles. The van der Waals surface area contributed by atoms with Crippen molar-refractivity contribution < 1.29 is 4.39 Å². The Kier molecular flexibility index (Phi) is 5.13. The van der Waals surface area contributed by atoms with E-state index in [1.54, 1.807) is 12.1 Å². The number of hydrogen-bond donors (Lipinski definition) is 1. The summed E-state index contributed by atoms with van der Waals surface area (Å²) in [6, 6.07) is 3.59. The van der Waals surface area contributed by atoms with Crippen LogP contribution in [0, 0.1) is 25.6 Å². The van der Waals surface area contributed by atoms with E-state index in [0.717, 1.165) is 24.0 Å². The molecule has 17 heavy (non-hydrogen) atoms. The van der Waals surface area contributed by atoms with Crippen LogP contribution in [-0.2, 0) is 0 Å². The molecule has 0 saturated carbocycles. The molecule has 0 spiro atoms. The molecule has 0 saturated heterocycles. The zero-order chi connectivity index (χ0) is 13.0. The molecule has 0 fully saturated rings. The maximum atomic E-state index is 13.3. The van der Waals surface area contributed by atoms with Crippen LogP contribution in [0.2, 0.25) is 0 Å². The molecule has 1 unspecified atom stereocenters. The lowest BCUT2D eigenvalue weighted by Crippen LogP contribution is -2.26. The first kappa shape index (κ1) is 14.2. The first-order valence-corrected chi connectivity index (χ1v) is 6.49. The standard InChI is InChI=1S/C15H24FN/c1-6-12(7-2)15(17-5)14-10(3)8-13(16)9-11(14)4/h8-9,12,15,17H,6-7H2,1-5H3. The van der Waals surface area contributed by atoms with Gasteiger partial charge >= 0.3 is 0 Å². The predicted octanol–water partition coefficient (Wildman–Crippen LogP) is 4.14. The minimum Gasteiger partial charge on any atom is -0.313 e. The summed E-state index contributed by atoms with van der Waals surface area (Å²) >= 11 is 0. The van der Waals surface area contributed by atoms with Crippen LogP contribution in [-0.4, -0.2) is 7.05 Å². The van der Waals surface area contributed by atoms with Crippen molar-refractivity contribution in [2.24, 2.45) is 5.92 Å². The van der Waals surface area contributed by atoms with E-state index in [4.69, 9.17) is 0 Å². The zero-order valence-corrected chi connectivity index (χ0v) is 11.6. The molecule has 0 aliphatic rings. The van der Waals surface area contributed by atoms with Crippen LogP contribution in [0.5, 0.6) is 0 Å². The lowest BCUT2D eigenvalue weighted by Gasteiger charge is -2.28. The molecule has 1 rings (SSSR count). The molecule has 0 aromatic heterocycles. The predicted molar refractivity (Wildman–Crippen MR) is 71.7 cm³/mol. The van der Waals surface area contributed by atoms with E-state index >= 15 is 0 Å². The Morgan fingerprint density at radius 2 is 1.59 bits per heavy atom. The summed E-state index contributed by atoms with van der Waals surface area (Å²) in [6.45, 7) is 8.43. The molecule has 96 valence electrons. The molecule has 0 aliphatic carbocycles. The topological polar surface area (TPSA) is 12.0 Å². The van der Waals surface area contributed by atoms with Crippen molar-refractivity contribution in [1.82, 2.24) is 5.32 Å². The SMILES string of the molecule is CCC(CC)C(NC)c1c(C)cc(F)cc1C. The number of benzene rings is 1. The first-order valence-electron chi connectivity index (χ1n) is 6.49. The fraction of sp³-hybridized carbons (Fsp3) is 0.600. The van der Waals surface area contributed by atoms with Crippen LogP contribution in [0.25, 0.3) is 0 Å². The van der Waals surface area contributed by atoms with Gasteiger partial charge in [0, 0.05) is 6.04 Å². The van der Waals surface area contributed by atoms with Crippen LogP contribution in [0.1, 0.15) is 49.4 Å². The van der Waals surface area contributed by atoms with Gasteiger partial charge in [0.25, 0.3) is 0 Å². The third-order valence-electron chi connectivity index (χ3n) is 3.70. The van der Waals surface area contributed by atoms with Crippen molar-refractivity contribution in [3.63, 3.8) is 0 Å². The largest absolute Gasteiger partial charge is 0.313 e. The van der Waals surface area contributed by atoms with E-state index in [1.165, 1.54) is 5.56 Å². The second kappa shape index (κ2) is 6.15. The molecule has 1 atom stereocenters. The van der Waals surface area contributed by atoms with Crippen LogP contribution in [0.4, 0.5) is 4.39 Å². The summed E-state index contributed by atoms with van der Waals surface area (Å²) in [4.78, 5) is 0. The fourth-order valence-electron chi connectivity index (χ4n) is 2.79. The Morgan fingerprint density at radius 3 is 1.94 bits per heavy atom. The molecule has 1 nitrogen and oxygen atoms in total. The van der Waals surface area contributed by atoms with Gasteiger partial charge in [-0.1, -0.05) is 26.7 Å². The molecule has 0 heterocycles.